The molecule has 0 heterocycles. The molecule has 20 heavy (non-hydrogen) atoms. The van der Waals surface area contributed by atoms with E-state index in [-0.39, 0.29) is 5.75 Å². The molecule has 1 aliphatic carbocycles. The van der Waals surface area contributed by atoms with Crippen LogP contribution in [0.15, 0.2) is 54.6 Å². The SMILES string of the molecule is [O-]c1ccc([PH+](c2ccccc2)C2CCCCC2)cc1. The van der Waals surface area contributed by atoms with E-state index in [0.717, 1.165) is 5.66 Å². The summed E-state index contributed by atoms with van der Waals surface area (Å²) in [5.74, 6) is 0.117. The summed E-state index contributed by atoms with van der Waals surface area (Å²) in [6, 6.07) is 18.5. The minimum Gasteiger partial charge on any atom is -0.872 e. The maximum Gasteiger partial charge on any atom is 0.0969 e. The monoisotopic (exact) mass is 284 g/mol. The summed E-state index contributed by atoms with van der Waals surface area (Å²) < 4.78 is 0. The highest BCUT2D eigenvalue weighted by Crippen LogP contribution is 2.46. The van der Waals surface area contributed by atoms with Gasteiger partial charge in [-0.1, -0.05) is 36.8 Å². The first-order valence-electron chi connectivity index (χ1n) is 7.54. The lowest BCUT2D eigenvalue weighted by Gasteiger charge is -2.25. The predicted molar refractivity (Wildman–Crippen MR) is 86.8 cm³/mol. The standard InChI is InChI=1S/C18H21OP/c19-15-11-13-18(14-12-15)20(16-7-3-1-4-8-16)17-9-5-2-6-10-17/h1,3-4,7-8,11-14,17,19H,2,5-6,9-10H2. The van der Waals surface area contributed by atoms with Crippen molar-refractivity contribution in [1.82, 2.24) is 0 Å². The van der Waals surface area contributed by atoms with E-state index in [1.54, 1.807) is 12.1 Å². The van der Waals surface area contributed by atoms with Crippen LogP contribution < -0.4 is 15.7 Å². The molecule has 0 bridgehead atoms. The Bertz CT molecular complexity index is 529. The molecule has 1 saturated carbocycles. The third kappa shape index (κ3) is 3.04. The highest BCUT2D eigenvalue weighted by molar-refractivity contribution is 7.73. The van der Waals surface area contributed by atoms with Crippen molar-refractivity contribution in [3.05, 3.63) is 54.6 Å². The summed E-state index contributed by atoms with van der Waals surface area (Å²) in [7, 11) is -0.756. The summed E-state index contributed by atoms with van der Waals surface area (Å²) >= 11 is 0. The molecule has 0 aliphatic heterocycles. The van der Waals surface area contributed by atoms with Crippen molar-refractivity contribution < 1.29 is 5.11 Å². The van der Waals surface area contributed by atoms with Crippen LogP contribution in [0.1, 0.15) is 32.1 Å². The Morgan fingerprint density at radius 1 is 0.750 bits per heavy atom. The van der Waals surface area contributed by atoms with Gasteiger partial charge in [0.15, 0.2) is 0 Å². The van der Waals surface area contributed by atoms with E-state index < -0.39 is 7.92 Å². The fourth-order valence-electron chi connectivity index (χ4n) is 3.28. The molecule has 1 aliphatic rings. The second-order valence-corrected chi connectivity index (χ2v) is 8.44. The molecule has 0 spiro atoms. The van der Waals surface area contributed by atoms with E-state index in [1.165, 1.54) is 42.7 Å². The maximum atomic E-state index is 11.4. The molecule has 1 nitrogen and oxygen atoms in total. The number of hydrogen-bond acceptors (Lipinski definition) is 1. The van der Waals surface area contributed by atoms with Crippen molar-refractivity contribution in [3.8, 4) is 5.75 Å². The van der Waals surface area contributed by atoms with Gasteiger partial charge in [0, 0.05) is 0 Å². The van der Waals surface area contributed by atoms with Crippen molar-refractivity contribution in [1.29, 1.82) is 0 Å². The molecule has 2 aromatic rings. The first-order chi connectivity index (χ1) is 9.84. The molecule has 0 N–H and O–H groups in total. The molecule has 0 saturated heterocycles. The van der Waals surface area contributed by atoms with Crippen LogP contribution in [0, 0.1) is 0 Å². The molecular weight excluding hydrogens is 263 g/mol. The zero-order valence-corrected chi connectivity index (χ0v) is 12.7. The smallest absolute Gasteiger partial charge is 0.0969 e. The van der Waals surface area contributed by atoms with E-state index in [4.69, 9.17) is 0 Å². The van der Waals surface area contributed by atoms with Crippen molar-refractivity contribution in [2.75, 3.05) is 0 Å². The van der Waals surface area contributed by atoms with Crippen LogP contribution in [0.2, 0.25) is 0 Å². The molecular formula is C18H21OP. The van der Waals surface area contributed by atoms with Crippen molar-refractivity contribution in [2.24, 2.45) is 0 Å². The fraction of sp³-hybridized carbons (Fsp3) is 0.333. The van der Waals surface area contributed by atoms with E-state index >= 15 is 0 Å². The van der Waals surface area contributed by atoms with Crippen LogP contribution in [0.4, 0.5) is 0 Å². The third-order valence-electron chi connectivity index (χ3n) is 4.26. The van der Waals surface area contributed by atoms with Gasteiger partial charge in [-0.25, -0.2) is 0 Å². The predicted octanol–water partition coefficient (Wildman–Crippen LogP) is 3.26. The van der Waals surface area contributed by atoms with E-state index in [1.807, 2.05) is 0 Å². The molecule has 104 valence electrons. The van der Waals surface area contributed by atoms with Crippen molar-refractivity contribution >= 4 is 18.5 Å². The highest BCUT2D eigenvalue weighted by Gasteiger charge is 2.33. The zero-order chi connectivity index (χ0) is 13.8. The molecule has 0 aromatic heterocycles. The summed E-state index contributed by atoms with van der Waals surface area (Å²) in [5.41, 5.74) is 0.814. The van der Waals surface area contributed by atoms with Gasteiger partial charge in [0.25, 0.3) is 0 Å². The Balaban J connectivity index is 1.96. The van der Waals surface area contributed by atoms with Gasteiger partial charge in [-0.3, -0.25) is 0 Å². The van der Waals surface area contributed by atoms with Crippen molar-refractivity contribution in [2.45, 2.75) is 37.8 Å². The van der Waals surface area contributed by atoms with Crippen LogP contribution in [-0.4, -0.2) is 5.66 Å². The Kier molecular flexibility index (Phi) is 4.38. The number of benzene rings is 2. The van der Waals surface area contributed by atoms with Crippen LogP contribution in [0.5, 0.6) is 5.75 Å². The van der Waals surface area contributed by atoms with Gasteiger partial charge < -0.3 is 5.11 Å². The van der Waals surface area contributed by atoms with Gasteiger partial charge in [0.05, 0.1) is 24.2 Å². The van der Waals surface area contributed by atoms with E-state index in [2.05, 4.69) is 42.5 Å². The van der Waals surface area contributed by atoms with Crippen LogP contribution >= 0.6 is 7.92 Å². The minimum atomic E-state index is -0.756. The fourth-order valence-corrected chi connectivity index (χ4v) is 6.62. The van der Waals surface area contributed by atoms with Gasteiger partial charge in [-0.15, -0.1) is 5.75 Å². The summed E-state index contributed by atoms with van der Waals surface area (Å²) in [5, 5.41) is 14.3. The second-order valence-electron chi connectivity index (χ2n) is 5.64. The molecule has 1 unspecified atom stereocenters. The van der Waals surface area contributed by atoms with Crippen LogP contribution in [0.25, 0.3) is 0 Å². The quantitative estimate of drug-likeness (QED) is 0.793. The largest absolute Gasteiger partial charge is 0.872 e. The molecule has 1 fully saturated rings. The Morgan fingerprint density at radius 3 is 2.00 bits per heavy atom. The normalized spacial score (nSPS) is 17.8. The van der Waals surface area contributed by atoms with Crippen molar-refractivity contribution in [3.63, 3.8) is 0 Å². The van der Waals surface area contributed by atoms with Crippen LogP contribution in [0.3, 0.4) is 0 Å². The van der Waals surface area contributed by atoms with E-state index in [0.29, 0.717) is 0 Å². The summed E-state index contributed by atoms with van der Waals surface area (Å²) in [6.07, 6.45) is 6.82. The minimum absolute atomic E-state index is 0.117. The van der Waals surface area contributed by atoms with Gasteiger partial charge in [0.2, 0.25) is 0 Å². The molecule has 1 atom stereocenters. The van der Waals surface area contributed by atoms with Gasteiger partial charge in [-0.2, -0.15) is 0 Å². The van der Waals surface area contributed by atoms with Gasteiger partial charge in [0.1, 0.15) is 0 Å². The average molecular weight is 284 g/mol. The molecule has 3 rings (SSSR count). The highest BCUT2D eigenvalue weighted by atomic mass is 31.1. The Hall–Kier alpha value is -1.33. The second kappa shape index (κ2) is 6.41. The van der Waals surface area contributed by atoms with Gasteiger partial charge >= 0.3 is 0 Å². The number of rotatable bonds is 3. The summed E-state index contributed by atoms with van der Waals surface area (Å²) in [4.78, 5) is 0. The first-order valence-corrected chi connectivity index (χ1v) is 9.12. The Labute approximate surface area is 122 Å². The topological polar surface area (TPSA) is 23.1 Å². The number of hydrogen-bond donors (Lipinski definition) is 0. The first kappa shape index (κ1) is 13.6. The summed E-state index contributed by atoms with van der Waals surface area (Å²) in [6.45, 7) is 0. The molecule has 0 amide bonds. The average Bonchev–Trinajstić information content (AvgIpc) is 2.52. The van der Waals surface area contributed by atoms with Gasteiger partial charge in [-0.05, 0) is 49.9 Å². The Morgan fingerprint density at radius 2 is 1.35 bits per heavy atom. The lowest BCUT2D eigenvalue weighted by atomic mass is 10.0. The molecule has 0 radical (unpaired) electrons. The third-order valence-corrected chi connectivity index (χ3v) is 7.57. The lowest BCUT2D eigenvalue weighted by Crippen LogP contribution is -2.23. The van der Waals surface area contributed by atoms with E-state index in [9.17, 15) is 5.11 Å². The lowest BCUT2D eigenvalue weighted by molar-refractivity contribution is -0.268. The molecule has 2 aromatic carbocycles. The molecule has 2 heteroatoms. The zero-order valence-electron chi connectivity index (χ0n) is 11.7. The maximum absolute atomic E-state index is 11.4. The van der Waals surface area contributed by atoms with Crippen LogP contribution in [-0.2, 0) is 0 Å².